The van der Waals surface area contributed by atoms with Gasteiger partial charge in [0.15, 0.2) is 0 Å². The highest BCUT2D eigenvalue weighted by Crippen LogP contribution is 2.61. The smallest absolute Gasteiger partial charge is 0.240 e. The third kappa shape index (κ3) is 5.42. The van der Waals surface area contributed by atoms with Crippen molar-refractivity contribution in [3.8, 4) is 11.1 Å². The molecule has 3 saturated carbocycles. The van der Waals surface area contributed by atoms with Gasteiger partial charge in [0, 0.05) is 24.6 Å². The standard InChI is InChI=1S/C32H43N3O5/c1-18-26-14-24(32(26,4)5)15-27(18)34-31(39)30-29(19(2)37)28(17-36)40-35(30)16-21-8-6-9-22(12-21)23-10-7-11-25(13-23)33-20(3)38/h6-13,18-19,24,26-30,36-37H,14-17H2,1-5H3,(H,33,38)(H,34,39)/t18-,19-,24-,26+,27?,28-,29+,30-/m0/s1. The molecular formula is C32H43N3O5. The molecule has 2 bridgehead atoms. The highest BCUT2D eigenvalue weighted by molar-refractivity contribution is 5.89. The van der Waals surface area contributed by atoms with Crippen molar-refractivity contribution < 1.29 is 24.6 Å². The largest absolute Gasteiger partial charge is 0.394 e. The topological polar surface area (TPSA) is 111 Å². The summed E-state index contributed by atoms with van der Waals surface area (Å²) >= 11 is 0. The highest BCUT2D eigenvalue weighted by atomic mass is 16.7. The van der Waals surface area contributed by atoms with Crippen LogP contribution >= 0.6 is 0 Å². The zero-order chi connectivity index (χ0) is 28.8. The van der Waals surface area contributed by atoms with E-state index in [1.165, 1.54) is 13.3 Å². The van der Waals surface area contributed by atoms with Gasteiger partial charge < -0.3 is 20.8 Å². The average molecular weight is 550 g/mol. The lowest BCUT2D eigenvalue weighted by atomic mass is 9.45. The zero-order valence-electron chi connectivity index (χ0n) is 24.1. The summed E-state index contributed by atoms with van der Waals surface area (Å²) < 4.78 is 0. The van der Waals surface area contributed by atoms with E-state index in [0.717, 1.165) is 28.8 Å². The number of carbonyl (C=O) groups excluding carboxylic acids is 2. The number of fused-ring (bicyclic) bond motifs is 2. The molecule has 1 unspecified atom stereocenters. The summed E-state index contributed by atoms with van der Waals surface area (Å²) in [6, 6.07) is 15.0. The van der Waals surface area contributed by atoms with E-state index in [1.807, 2.05) is 48.5 Å². The Morgan fingerprint density at radius 3 is 2.45 bits per heavy atom. The van der Waals surface area contributed by atoms with Crippen LogP contribution in [0.25, 0.3) is 11.1 Å². The Balaban J connectivity index is 1.36. The van der Waals surface area contributed by atoms with Crippen LogP contribution in [0.4, 0.5) is 5.69 Å². The molecule has 0 spiro atoms. The van der Waals surface area contributed by atoms with Crippen LogP contribution in [0, 0.1) is 29.1 Å². The van der Waals surface area contributed by atoms with E-state index in [2.05, 4.69) is 31.4 Å². The Bertz CT molecular complexity index is 1250. The molecule has 8 atom stereocenters. The first-order chi connectivity index (χ1) is 19.0. The number of hydrogen-bond donors (Lipinski definition) is 4. The van der Waals surface area contributed by atoms with Crippen molar-refractivity contribution in [2.75, 3.05) is 11.9 Å². The molecule has 4 N–H and O–H groups in total. The molecule has 0 radical (unpaired) electrons. The van der Waals surface area contributed by atoms with Gasteiger partial charge in [0.25, 0.3) is 0 Å². The lowest BCUT2D eigenvalue weighted by Crippen LogP contribution is -2.62. The van der Waals surface area contributed by atoms with Crippen molar-refractivity contribution in [1.82, 2.24) is 10.4 Å². The maximum absolute atomic E-state index is 13.9. The lowest BCUT2D eigenvalue weighted by molar-refractivity contribution is -0.183. The molecule has 8 nitrogen and oxygen atoms in total. The van der Waals surface area contributed by atoms with E-state index in [9.17, 15) is 19.8 Å². The van der Waals surface area contributed by atoms with Gasteiger partial charge in [-0.2, -0.15) is 5.06 Å². The summed E-state index contributed by atoms with van der Waals surface area (Å²) in [6.45, 7) is 10.1. The van der Waals surface area contributed by atoms with Crippen molar-refractivity contribution in [3.05, 3.63) is 54.1 Å². The number of nitrogens with one attached hydrogen (secondary N) is 2. The predicted molar refractivity (Wildman–Crippen MR) is 154 cm³/mol. The zero-order valence-corrected chi connectivity index (χ0v) is 24.1. The molecule has 1 aliphatic heterocycles. The first kappa shape index (κ1) is 28.7. The van der Waals surface area contributed by atoms with Crippen molar-refractivity contribution >= 4 is 17.5 Å². The summed E-state index contributed by atoms with van der Waals surface area (Å²) in [5.74, 6) is 0.736. The van der Waals surface area contributed by atoms with E-state index in [1.54, 1.807) is 12.0 Å². The fourth-order valence-electron chi connectivity index (χ4n) is 7.49. The van der Waals surface area contributed by atoms with Crippen LogP contribution in [-0.2, 0) is 21.0 Å². The molecule has 2 amide bonds. The fourth-order valence-corrected chi connectivity index (χ4v) is 7.49. The van der Waals surface area contributed by atoms with E-state index in [4.69, 9.17) is 4.84 Å². The summed E-state index contributed by atoms with van der Waals surface area (Å²) in [5.41, 5.74) is 3.89. The van der Waals surface area contributed by atoms with E-state index >= 15 is 0 Å². The molecule has 0 aromatic heterocycles. The number of hydroxylamine groups is 2. The van der Waals surface area contributed by atoms with Gasteiger partial charge >= 0.3 is 0 Å². The number of rotatable bonds is 8. The van der Waals surface area contributed by atoms with Crippen LogP contribution in [0.5, 0.6) is 0 Å². The van der Waals surface area contributed by atoms with Crippen LogP contribution in [0.1, 0.15) is 53.0 Å². The number of benzene rings is 2. The number of anilines is 1. The average Bonchev–Trinajstić information content (AvgIpc) is 3.28. The summed E-state index contributed by atoms with van der Waals surface area (Å²) in [6.07, 6.45) is 0.680. The first-order valence-electron chi connectivity index (χ1n) is 14.5. The Morgan fingerprint density at radius 2 is 1.82 bits per heavy atom. The molecule has 2 aromatic carbocycles. The maximum Gasteiger partial charge on any atom is 0.240 e. The number of carbonyl (C=O) groups is 2. The molecule has 8 heteroatoms. The van der Waals surface area contributed by atoms with Crippen LogP contribution in [0.2, 0.25) is 0 Å². The van der Waals surface area contributed by atoms with Crippen LogP contribution in [-0.4, -0.2) is 58.0 Å². The summed E-state index contributed by atoms with van der Waals surface area (Å²) in [7, 11) is 0. The Labute approximate surface area is 237 Å². The molecule has 1 heterocycles. The Morgan fingerprint density at radius 1 is 1.12 bits per heavy atom. The minimum absolute atomic E-state index is 0.0909. The van der Waals surface area contributed by atoms with E-state index < -0.39 is 24.2 Å². The van der Waals surface area contributed by atoms with E-state index in [-0.39, 0.29) is 24.5 Å². The van der Waals surface area contributed by atoms with Crippen molar-refractivity contribution in [1.29, 1.82) is 0 Å². The normalized spacial score (nSPS) is 31.7. The first-order valence-corrected chi connectivity index (χ1v) is 14.5. The number of aliphatic hydroxyl groups excluding tert-OH is 2. The maximum atomic E-state index is 13.9. The number of aliphatic hydroxyl groups is 2. The van der Waals surface area contributed by atoms with Gasteiger partial charge in [0.1, 0.15) is 12.1 Å². The third-order valence-corrected chi connectivity index (χ3v) is 9.84. The van der Waals surface area contributed by atoms with Crippen molar-refractivity contribution in [2.24, 2.45) is 29.1 Å². The fraction of sp³-hybridized carbons (Fsp3) is 0.562. The third-order valence-electron chi connectivity index (χ3n) is 9.84. The highest BCUT2D eigenvalue weighted by Gasteiger charge is 2.57. The quantitative estimate of drug-likeness (QED) is 0.397. The molecule has 4 fully saturated rings. The van der Waals surface area contributed by atoms with Crippen LogP contribution in [0.15, 0.2) is 48.5 Å². The Hall–Kier alpha value is -2.78. The minimum atomic E-state index is -0.836. The number of nitrogens with zero attached hydrogens (tertiary/aromatic N) is 1. The number of amides is 2. The van der Waals surface area contributed by atoms with Gasteiger partial charge in [0.05, 0.1) is 19.3 Å². The van der Waals surface area contributed by atoms with Gasteiger partial charge in [-0.25, -0.2) is 0 Å². The Kier molecular flexibility index (Phi) is 8.08. The van der Waals surface area contributed by atoms with Gasteiger partial charge in [-0.15, -0.1) is 0 Å². The van der Waals surface area contributed by atoms with Gasteiger partial charge in [-0.05, 0) is 77.8 Å². The molecule has 4 aliphatic rings. The van der Waals surface area contributed by atoms with Crippen molar-refractivity contribution in [2.45, 2.75) is 78.3 Å². The number of hydrogen-bond acceptors (Lipinski definition) is 6. The van der Waals surface area contributed by atoms with Gasteiger partial charge in [-0.1, -0.05) is 51.1 Å². The second kappa shape index (κ2) is 11.2. The van der Waals surface area contributed by atoms with Gasteiger partial charge in [0.2, 0.25) is 11.8 Å². The molecule has 6 rings (SSSR count). The van der Waals surface area contributed by atoms with E-state index in [0.29, 0.717) is 29.7 Å². The molecule has 40 heavy (non-hydrogen) atoms. The minimum Gasteiger partial charge on any atom is -0.394 e. The summed E-state index contributed by atoms with van der Waals surface area (Å²) in [4.78, 5) is 31.5. The summed E-state index contributed by atoms with van der Waals surface area (Å²) in [5, 5.41) is 28.6. The predicted octanol–water partition coefficient (Wildman–Crippen LogP) is 3.97. The molecule has 1 saturated heterocycles. The van der Waals surface area contributed by atoms with Gasteiger partial charge in [-0.3, -0.25) is 14.4 Å². The van der Waals surface area contributed by atoms with Crippen LogP contribution < -0.4 is 10.6 Å². The second-order valence-electron chi connectivity index (χ2n) is 12.7. The van der Waals surface area contributed by atoms with Crippen LogP contribution in [0.3, 0.4) is 0 Å². The molecular weight excluding hydrogens is 506 g/mol. The van der Waals surface area contributed by atoms with Crippen molar-refractivity contribution in [3.63, 3.8) is 0 Å². The molecule has 3 aliphatic carbocycles. The second-order valence-corrected chi connectivity index (χ2v) is 12.7. The monoisotopic (exact) mass is 549 g/mol. The molecule has 216 valence electrons. The SMILES string of the molecule is CC(=O)Nc1cccc(-c2cccc(CN3O[C@@H](CO)[C@@H]([C@H](C)O)[C@H]3C(=O)NC3C[C@@H]4C[C@H]([C@@H]3C)C4(C)C)c2)c1. The lowest BCUT2D eigenvalue weighted by Gasteiger charge is -2.62. The molecule has 2 aromatic rings.